The lowest BCUT2D eigenvalue weighted by Gasteiger charge is -2.23. The lowest BCUT2D eigenvalue weighted by molar-refractivity contribution is 0.0728. The molecular formula is C12H16N2O2. The molecule has 1 aromatic heterocycles. The van der Waals surface area contributed by atoms with Crippen LogP contribution in [-0.2, 0) is 0 Å². The fourth-order valence-corrected chi connectivity index (χ4v) is 2.99. The molecule has 3 atom stereocenters. The highest BCUT2D eigenvalue weighted by atomic mass is 16.3. The number of nitrogens with zero attached hydrogens (tertiary/aromatic N) is 1. The van der Waals surface area contributed by atoms with Gasteiger partial charge in [-0.15, -0.1) is 0 Å². The lowest BCUT2D eigenvalue weighted by Crippen LogP contribution is -2.37. The van der Waals surface area contributed by atoms with Crippen LogP contribution in [0.5, 0.6) is 0 Å². The molecule has 3 heterocycles. The minimum atomic E-state index is 0.107. The molecule has 0 radical (unpaired) electrons. The molecule has 2 aliphatic rings. The minimum absolute atomic E-state index is 0.107. The van der Waals surface area contributed by atoms with Gasteiger partial charge in [0.05, 0.1) is 11.8 Å². The summed E-state index contributed by atoms with van der Waals surface area (Å²) in [6, 6.07) is 2.07. The first-order valence-electron chi connectivity index (χ1n) is 5.81. The summed E-state index contributed by atoms with van der Waals surface area (Å²) in [6.45, 7) is 5.11. The molecule has 0 aromatic carbocycles. The maximum absolute atomic E-state index is 12.2. The third-order valence-electron chi connectivity index (χ3n) is 3.96. The van der Waals surface area contributed by atoms with Gasteiger partial charge in [0, 0.05) is 25.7 Å². The molecule has 2 fully saturated rings. The number of rotatable bonds is 1. The van der Waals surface area contributed by atoms with Crippen LogP contribution >= 0.6 is 0 Å². The summed E-state index contributed by atoms with van der Waals surface area (Å²) < 4.78 is 4.96. The molecular weight excluding hydrogens is 204 g/mol. The Morgan fingerprint density at radius 2 is 2.44 bits per heavy atom. The number of furan rings is 1. The molecule has 0 saturated carbocycles. The van der Waals surface area contributed by atoms with Crippen molar-refractivity contribution in [1.82, 2.24) is 10.2 Å². The van der Waals surface area contributed by atoms with Crippen LogP contribution < -0.4 is 5.32 Å². The topological polar surface area (TPSA) is 45.5 Å². The zero-order valence-corrected chi connectivity index (χ0v) is 9.35. The molecule has 1 aromatic rings. The molecule has 86 valence electrons. The Morgan fingerprint density at radius 3 is 3.12 bits per heavy atom. The van der Waals surface area contributed by atoms with Crippen LogP contribution in [0.2, 0.25) is 0 Å². The first-order chi connectivity index (χ1) is 7.77. The number of likely N-dealkylation sites (tertiary alicyclic amines) is 1. The van der Waals surface area contributed by atoms with E-state index in [4.69, 9.17) is 4.42 Å². The second kappa shape index (κ2) is 3.63. The van der Waals surface area contributed by atoms with Crippen molar-refractivity contribution in [2.75, 3.05) is 19.6 Å². The number of hydrogen-bond donors (Lipinski definition) is 1. The van der Waals surface area contributed by atoms with Crippen molar-refractivity contribution in [2.45, 2.75) is 13.0 Å². The summed E-state index contributed by atoms with van der Waals surface area (Å²) in [5.74, 6) is 1.36. The van der Waals surface area contributed by atoms with E-state index in [1.165, 1.54) is 6.26 Å². The van der Waals surface area contributed by atoms with Crippen molar-refractivity contribution in [1.29, 1.82) is 0 Å². The molecule has 3 rings (SSSR count). The van der Waals surface area contributed by atoms with Crippen LogP contribution in [0.25, 0.3) is 0 Å². The summed E-state index contributed by atoms with van der Waals surface area (Å²) >= 11 is 0. The van der Waals surface area contributed by atoms with Gasteiger partial charge in [0.1, 0.15) is 6.26 Å². The van der Waals surface area contributed by atoms with Crippen molar-refractivity contribution in [3.63, 3.8) is 0 Å². The summed E-state index contributed by atoms with van der Waals surface area (Å²) in [7, 11) is 0. The van der Waals surface area contributed by atoms with Gasteiger partial charge in [-0.1, -0.05) is 0 Å². The van der Waals surface area contributed by atoms with Gasteiger partial charge in [0.2, 0.25) is 0 Å². The first kappa shape index (κ1) is 9.90. The Labute approximate surface area is 94.6 Å². The minimum Gasteiger partial charge on any atom is -0.472 e. The van der Waals surface area contributed by atoms with Gasteiger partial charge in [-0.25, -0.2) is 0 Å². The highest BCUT2D eigenvalue weighted by molar-refractivity contribution is 5.94. The number of carbonyl (C=O) groups is 1. The van der Waals surface area contributed by atoms with Crippen LogP contribution in [0.1, 0.15) is 17.3 Å². The van der Waals surface area contributed by atoms with Crippen molar-refractivity contribution in [2.24, 2.45) is 11.8 Å². The summed E-state index contributed by atoms with van der Waals surface area (Å²) in [5, 5.41) is 3.39. The third kappa shape index (κ3) is 1.37. The normalized spacial score (nSPS) is 33.1. The highest BCUT2D eigenvalue weighted by Gasteiger charge is 2.43. The molecule has 2 saturated heterocycles. The number of amides is 1. The molecule has 3 unspecified atom stereocenters. The van der Waals surface area contributed by atoms with Crippen LogP contribution in [0, 0.1) is 11.8 Å². The number of nitrogens with one attached hydrogen (secondary N) is 1. The predicted octanol–water partition coefficient (Wildman–Crippen LogP) is 0.959. The fourth-order valence-electron chi connectivity index (χ4n) is 2.99. The SMILES string of the molecule is CC1C2CNCC2CN1C(=O)c1ccoc1. The zero-order valence-electron chi connectivity index (χ0n) is 9.35. The van der Waals surface area contributed by atoms with E-state index in [1.54, 1.807) is 12.3 Å². The predicted molar refractivity (Wildman–Crippen MR) is 59.1 cm³/mol. The average molecular weight is 220 g/mol. The Hall–Kier alpha value is -1.29. The third-order valence-corrected chi connectivity index (χ3v) is 3.96. The number of carbonyl (C=O) groups excluding carboxylic acids is 1. The standard InChI is InChI=1S/C12H16N2O2/c1-8-11-5-13-4-10(11)6-14(8)12(15)9-2-3-16-7-9/h2-3,7-8,10-11,13H,4-6H2,1H3. The Bertz CT molecular complexity index is 388. The van der Waals surface area contributed by atoms with Crippen LogP contribution in [0.4, 0.5) is 0 Å². The maximum Gasteiger partial charge on any atom is 0.257 e. The highest BCUT2D eigenvalue weighted by Crippen LogP contribution is 2.33. The van der Waals surface area contributed by atoms with Crippen LogP contribution in [-0.4, -0.2) is 36.5 Å². The van der Waals surface area contributed by atoms with E-state index in [1.807, 2.05) is 4.90 Å². The van der Waals surface area contributed by atoms with Gasteiger partial charge in [-0.2, -0.15) is 0 Å². The lowest BCUT2D eigenvalue weighted by atomic mass is 9.95. The molecule has 16 heavy (non-hydrogen) atoms. The molecule has 4 heteroatoms. The first-order valence-corrected chi connectivity index (χ1v) is 5.81. The Morgan fingerprint density at radius 1 is 1.56 bits per heavy atom. The zero-order chi connectivity index (χ0) is 11.1. The summed E-state index contributed by atoms with van der Waals surface area (Å²) in [4.78, 5) is 14.2. The van der Waals surface area contributed by atoms with Gasteiger partial charge in [0.25, 0.3) is 5.91 Å². The van der Waals surface area contributed by atoms with Crippen molar-refractivity contribution >= 4 is 5.91 Å². The number of fused-ring (bicyclic) bond motifs is 1. The van der Waals surface area contributed by atoms with E-state index >= 15 is 0 Å². The van der Waals surface area contributed by atoms with Crippen LogP contribution in [0.15, 0.2) is 23.0 Å². The average Bonchev–Trinajstić information content (AvgIpc) is 2.95. The van der Waals surface area contributed by atoms with E-state index in [-0.39, 0.29) is 5.91 Å². The van der Waals surface area contributed by atoms with Gasteiger partial charge < -0.3 is 14.6 Å². The van der Waals surface area contributed by atoms with Gasteiger partial charge >= 0.3 is 0 Å². The smallest absolute Gasteiger partial charge is 0.257 e. The molecule has 0 aliphatic carbocycles. The van der Waals surface area contributed by atoms with E-state index in [0.717, 1.165) is 19.6 Å². The fraction of sp³-hybridized carbons (Fsp3) is 0.583. The van der Waals surface area contributed by atoms with Gasteiger partial charge in [0.15, 0.2) is 0 Å². The summed E-state index contributed by atoms with van der Waals surface area (Å²) in [6.07, 6.45) is 3.08. The molecule has 0 spiro atoms. The number of hydrogen-bond acceptors (Lipinski definition) is 3. The molecule has 0 bridgehead atoms. The largest absolute Gasteiger partial charge is 0.472 e. The van der Waals surface area contributed by atoms with Crippen LogP contribution in [0.3, 0.4) is 0 Å². The van der Waals surface area contributed by atoms with E-state index in [9.17, 15) is 4.79 Å². The summed E-state index contributed by atoms with van der Waals surface area (Å²) in [5.41, 5.74) is 0.666. The van der Waals surface area contributed by atoms with E-state index in [0.29, 0.717) is 23.4 Å². The van der Waals surface area contributed by atoms with Gasteiger partial charge in [-0.3, -0.25) is 4.79 Å². The van der Waals surface area contributed by atoms with Crippen molar-refractivity contribution in [3.05, 3.63) is 24.2 Å². The van der Waals surface area contributed by atoms with Gasteiger partial charge in [-0.05, 0) is 24.8 Å². The molecule has 1 amide bonds. The quantitative estimate of drug-likeness (QED) is 0.766. The Balaban J connectivity index is 1.79. The van der Waals surface area contributed by atoms with E-state index in [2.05, 4.69) is 12.2 Å². The second-order valence-corrected chi connectivity index (χ2v) is 4.79. The monoisotopic (exact) mass is 220 g/mol. The molecule has 2 aliphatic heterocycles. The Kier molecular flexibility index (Phi) is 2.24. The van der Waals surface area contributed by atoms with Crippen molar-refractivity contribution in [3.8, 4) is 0 Å². The molecule has 1 N–H and O–H groups in total. The van der Waals surface area contributed by atoms with Crippen molar-refractivity contribution < 1.29 is 9.21 Å². The van der Waals surface area contributed by atoms with E-state index < -0.39 is 0 Å². The second-order valence-electron chi connectivity index (χ2n) is 4.79. The maximum atomic E-state index is 12.2. The molecule has 4 nitrogen and oxygen atoms in total.